The number of hydrogen-bond acceptors (Lipinski definition) is 0. The molecule has 0 amide bonds. The molecule has 0 aliphatic heterocycles. The van der Waals surface area contributed by atoms with Crippen molar-refractivity contribution in [1.82, 2.24) is 0 Å². The van der Waals surface area contributed by atoms with Crippen LogP contribution in [0, 0.1) is 0 Å². The molecule has 74 valence electrons. The molecule has 0 fully saturated rings. The number of allylic oxidation sites excluding steroid dienone is 4. The Morgan fingerprint density at radius 2 is 1.71 bits per heavy atom. The molecule has 0 bridgehead atoms. The normalized spacial score (nSPS) is 11.3. The first kappa shape index (κ1) is 11.1. The lowest BCUT2D eigenvalue weighted by molar-refractivity contribution is 1.39. The van der Waals surface area contributed by atoms with E-state index in [9.17, 15) is 0 Å². The quantitative estimate of drug-likeness (QED) is 0.615. The highest BCUT2D eigenvalue weighted by atomic mass is 35.5. The molecule has 1 heteroatoms. The van der Waals surface area contributed by atoms with Crippen LogP contribution in [0.3, 0.4) is 0 Å². The van der Waals surface area contributed by atoms with Gasteiger partial charge in [0.2, 0.25) is 0 Å². The van der Waals surface area contributed by atoms with E-state index in [0.717, 1.165) is 10.6 Å². The SMILES string of the molecule is CC(C)=CC=C(C)c1ccccc1Cl. The monoisotopic (exact) mass is 206 g/mol. The smallest absolute Gasteiger partial charge is 0.0481 e. The first-order valence-electron chi connectivity index (χ1n) is 4.68. The van der Waals surface area contributed by atoms with Gasteiger partial charge in [-0.1, -0.05) is 47.5 Å². The number of hydrogen-bond donors (Lipinski definition) is 0. The van der Waals surface area contributed by atoms with Crippen molar-refractivity contribution in [2.75, 3.05) is 0 Å². The maximum atomic E-state index is 6.07. The van der Waals surface area contributed by atoms with Crippen molar-refractivity contribution in [1.29, 1.82) is 0 Å². The molecule has 0 nitrogen and oxygen atoms in total. The molecule has 0 atom stereocenters. The van der Waals surface area contributed by atoms with Gasteiger partial charge in [0.15, 0.2) is 0 Å². The lowest BCUT2D eigenvalue weighted by atomic mass is 10.1. The van der Waals surface area contributed by atoms with Crippen molar-refractivity contribution in [3.63, 3.8) is 0 Å². The molecule has 0 radical (unpaired) electrons. The Morgan fingerprint density at radius 3 is 2.29 bits per heavy atom. The fraction of sp³-hybridized carbons (Fsp3) is 0.231. The zero-order valence-corrected chi connectivity index (χ0v) is 9.60. The van der Waals surface area contributed by atoms with Gasteiger partial charge >= 0.3 is 0 Å². The summed E-state index contributed by atoms with van der Waals surface area (Å²) in [6.45, 7) is 6.23. The maximum Gasteiger partial charge on any atom is 0.0481 e. The van der Waals surface area contributed by atoms with Crippen molar-refractivity contribution in [2.45, 2.75) is 20.8 Å². The average molecular weight is 207 g/mol. The first-order chi connectivity index (χ1) is 6.61. The zero-order valence-electron chi connectivity index (χ0n) is 8.84. The minimum Gasteiger partial charge on any atom is -0.0837 e. The molecule has 0 unspecified atom stereocenters. The number of benzene rings is 1. The third kappa shape index (κ3) is 3.04. The van der Waals surface area contributed by atoms with Crippen LogP contribution in [-0.4, -0.2) is 0 Å². The second-order valence-electron chi connectivity index (χ2n) is 3.57. The van der Waals surface area contributed by atoms with Crippen LogP contribution in [-0.2, 0) is 0 Å². The van der Waals surface area contributed by atoms with Crippen LogP contribution in [0.2, 0.25) is 5.02 Å². The standard InChI is InChI=1S/C13H15Cl/c1-10(2)8-9-11(3)12-6-4-5-7-13(12)14/h4-9H,1-3H3. The molecular weight excluding hydrogens is 192 g/mol. The largest absolute Gasteiger partial charge is 0.0837 e. The van der Waals surface area contributed by atoms with Crippen LogP contribution in [0.5, 0.6) is 0 Å². The predicted octanol–water partition coefficient (Wildman–Crippen LogP) is 4.71. The molecule has 0 N–H and O–H groups in total. The van der Waals surface area contributed by atoms with E-state index in [2.05, 4.69) is 32.9 Å². The summed E-state index contributed by atoms with van der Waals surface area (Å²) in [5.41, 5.74) is 3.58. The maximum absolute atomic E-state index is 6.07. The summed E-state index contributed by atoms with van der Waals surface area (Å²) in [6.07, 6.45) is 4.19. The molecule has 1 aromatic rings. The topological polar surface area (TPSA) is 0 Å². The second-order valence-corrected chi connectivity index (χ2v) is 3.98. The molecular formula is C13H15Cl. The highest BCUT2D eigenvalue weighted by Gasteiger charge is 1.98. The van der Waals surface area contributed by atoms with E-state index in [1.54, 1.807) is 0 Å². The van der Waals surface area contributed by atoms with Gasteiger partial charge in [-0.05, 0) is 38.0 Å². The molecule has 1 rings (SSSR count). The van der Waals surface area contributed by atoms with Crippen molar-refractivity contribution >= 4 is 17.2 Å². The van der Waals surface area contributed by atoms with Gasteiger partial charge in [0.05, 0.1) is 0 Å². The number of rotatable bonds is 2. The summed E-state index contributed by atoms with van der Waals surface area (Å²) in [5, 5.41) is 0.809. The Bertz CT molecular complexity index is 369. The van der Waals surface area contributed by atoms with Crippen LogP contribution >= 0.6 is 11.6 Å². The minimum atomic E-state index is 0.809. The Hall–Kier alpha value is -1.01. The van der Waals surface area contributed by atoms with E-state index in [0.29, 0.717) is 0 Å². The fourth-order valence-electron chi connectivity index (χ4n) is 1.16. The van der Waals surface area contributed by atoms with Gasteiger partial charge < -0.3 is 0 Å². The molecule has 0 saturated carbocycles. The second kappa shape index (κ2) is 5.02. The summed E-state index contributed by atoms with van der Waals surface area (Å²) >= 11 is 6.07. The van der Waals surface area contributed by atoms with E-state index in [1.165, 1.54) is 11.1 Å². The van der Waals surface area contributed by atoms with Gasteiger partial charge in [-0.25, -0.2) is 0 Å². The van der Waals surface area contributed by atoms with Crippen molar-refractivity contribution < 1.29 is 0 Å². The van der Waals surface area contributed by atoms with Gasteiger partial charge in [-0.15, -0.1) is 0 Å². The lowest BCUT2D eigenvalue weighted by Gasteiger charge is -2.02. The van der Waals surface area contributed by atoms with Crippen LogP contribution in [0.4, 0.5) is 0 Å². The summed E-state index contributed by atoms with van der Waals surface area (Å²) in [5.74, 6) is 0. The lowest BCUT2D eigenvalue weighted by Crippen LogP contribution is -1.80. The van der Waals surface area contributed by atoms with Gasteiger partial charge in [0, 0.05) is 5.02 Å². The first-order valence-corrected chi connectivity index (χ1v) is 5.05. The third-order valence-corrected chi connectivity index (χ3v) is 2.29. The van der Waals surface area contributed by atoms with E-state index in [1.807, 2.05) is 24.3 Å². The Balaban J connectivity index is 3.01. The molecule has 0 spiro atoms. The van der Waals surface area contributed by atoms with E-state index >= 15 is 0 Å². The van der Waals surface area contributed by atoms with Crippen molar-refractivity contribution in [2.24, 2.45) is 0 Å². The summed E-state index contributed by atoms with van der Waals surface area (Å²) in [7, 11) is 0. The van der Waals surface area contributed by atoms with Crippen LogP contribution in [0.25, 0.3) is 5.57 Å². The van der Waals surface area contributed by atoms with Gasteiger partial charge in [-0.2, -0.15) is 0 Å². The van der Waals surface area contributed by atoms with Gasteiger partial charge in [-0.3, -0.25) is 0 Å². The zero-order chi connectivity index (χ0) is 10.6. The Labute approximate surface area is 90.9 Å². The Morgan fingerprint density at radius 1 is 1.07 bits per heavy atom. The minimum absolute atomic E-state index is 0.809. The summed E-state index contributed by atoms with van der Waals surface area (Å²) in [4.78, 5) is 0. The molecule has 0 aliphatic rings. The fourth-order valence-corrected chi connectivity index (χ4v) is 1.45. The predicted molar refractivity (Wildman–Crippen MR) is 64.5 cm³/mol. The molecule has 0 saturated heterocycles. The molecule has 0 aromatic heterocycles. The number of halogens is 1. The molecule has 0 aliphatic carbocycles. The van der Waals surface area contributed by atoms with E-state index < -0.39 is 0 Å². The Kier molecular flexibility index (Phi) is 3.97. The van der Waals surface area contributed by atoms with Crippen molar-refractivity contribution in [3.05, 3.63) is 52.6 Å². The van der Waals surface area contributed by atoms with Crippen LogP contribution in [0.15, 0.2) is 42.0 Å². The average Bonchev–Trinajstić information content (AvgIpc) is 2.15. The summed E-state index contributed by atoms with van der Waals surface area (Å²) < 4.78 is 0. The van der Waals surface area contributed by atoms with Gasteiger partial charge in [0.1, 0.15) is 0 Å². The third-order valence-electron chi connectivity index (χ3n) is 1.97. The highest BCUT2D eigenvalue weighted by molar-refractivity contribution is 6.32. The molecule has 0 heterocycles. The molecule has 14 heavy (non-hydrogen) atoms. The van der Waals surface area contributed by atoms with E-state index in [-0.39, 0.29) is 0 Å². The summed E-state index contributed by atoms with van der Waals surface area (Å²) in [6, 6.07) is 7.89. The van der Waals surface area contributed by atoms with E-state index in [4.69, 9.17) is 11.6 Å². The van der Waals surface area contributed by atoms with Gasteiger partial charge in [0.25, 0.3) is 0 Å². The molecule has 1 aromatic carbocycles. The van der Waals surface area contributed by atoms with Crippen LogP contribution < -0.4 is 0 Å². The highest BCUT2D eigenvalue weighted by Crippen LogP contribution is 2.23. The van der Waals surface area contributed by atoms with Crippen molar-refractivity contribution in [3.8, 4) is 0 Å². The van der Waals surface area contributed by atoms with Crippen LogP contribution in [0.1, 0.15) is 26.3 Å².